The Balaban J connectivity index is 1.93. The van der Waals surface area contributed by atoms with E-state index in [1.54, 1.807) is 0 Å². The molecule has 0 aliphatic carbocycles. The monoisotopic (exact) mass is 215 g/mol. The van der Waals surface area contributed by atoms with Gasteiger partial charge in [-0.15, -0.1) is 0 Å². The molecular weight excluding hydrogens is 194 g/mol. The summed E-state index contributed by atoms with van der Waals surface area (Å²) in [5, 5.41) is 3.39. The van der Waals surface area contributed by atoms with Gasteiger partial charge >= 0.3 is 5.97 Å². The zero-order valence-corrected chi connectivity index (χ0v) is 9.46. The first-order chi connectivity index (χ1) is 7.33. The first kappa shape index (κ1) is 12.5. The summed E-state index contributed by atoms with van der Waals surface area (Å²) in [6.45, 7) is 4.87. The molecule has 1 unspecified atom stereocenters. The van der Waals surface area contributed by atoms with Crippen LogP contribution in [-0.2, 0) is 14.3 Å². The van der Waals surface area contributed by atoms with Crippen LogP contribution in [0.4, 0.5) is 0 Å². The lowest BCUT2D eigenvalue weighted by atomic mass is 10.1. The molecule has 4 heteroatoms. The molecule has 1 atom stereocenters. The number of carbonyl (C=O) groups excluding carboxylic acids is 1. The Morgan fingerprint density at radius 2 is 2.47 bits per heavy atom. The highest BCUT2D eigenvalue weighted by Gasteiger charge is 2.12. The van der Waals surface area contributed by atoms with E-state index in [1.807, 2.05) is 6.92 Å². The van der Waals surface area contributed by atoms with Crippen LogP contribution in [0.3, 0.4) is 0 Å². The van der Waals surface area contributed by atoms with Gasteiger partial charge in [-0.1, -0.05) is 0 Å². The van der Waals surface area contributed by atoms with Gasteiger partial charge in [0.1, 0.15) is 0 Å². The quantitative estimate of drug-likeness (QED) is 0.532. The lowest BCUT2D eigenvalue weighted by molar-refractivity contribution is -0.143. The molecule has 1 aliphatic heterocycles. The van der Waals surface area contributed by atoms with Gasteiger partial charge in [-0.25, -0.2) is 0 Å². The first-order valence-electron chi connectivity index (χ1n) is 5.79. The largest absolute Gasteiger partial charge is 0.466 e. The summed E-state index contributed by atoms with van der Waals surface area (Å²) in [5.41, 5.74) is 0. The minimum absolute atomic E-state index is 0.0980. The van der Waals surface area contributed by atoms with Crippen molar-refractivity contribution < 1.29 is 14.3 Å². The summed E-state index contributed by atoms with van der Waals surface area (Å²) in [7, 11) is 0. The van der Waals surface area contributed by atoms with Gasteiger partial charge < -0.3 is 14.8 Å². The van der Waals surface area contributed by atoms with E-state index in [1.165, 1.54) is 6.42 Å². The van der Waals surface area contributed by atoms with Gasteiger partial charge in [0.2, 0.25) is 0 Å². The van der Waals surface area contributed by atoms with Crippen LogP contribution in [0.1, 0.15) is 32.6 Å². The van der Waals surface area contributed by atoms with E-state index in [4.69, 9.17) is 9.47 Å². The molecule has 0 saturated carbocycles. The molecular formula is C11H21NO3. The average Bonchev–Trinajstić information content (AvgIpc) is 2.26. The normalized spacial score (nSPS) is 21.3. The third kappa shape index (κ3) is 5.74. The number of nitrogens with one attached hydrogen (secondary N) is 1. The number of carbonyl (C=O) groups is 1. The van der Waals surface area contributed by atoms with Crippen LogP contribution in [-0.4, -0.2) is 38.4 Å². The van der Waals surface area contributed by atoms with Gasteiger partial charge in [0, 0.05) is 19.1 Å². The first-order valence-corrected chi connectivity index (χ1v) is 5.79. The molecule has 88 valence electrons. The third-order valence-corrected chi connectivity index (χ3v) is 2.46. The van der Waals surface area contributed by atoms with Crippen LogP contribution in [0.2, 0.25) is 0 Å². The molecule has 0 aromatic rings. The fourth-order valence-corrected chi connectivity index (χ4v) is 1.67. The van der Waals surface area contributed by atoms with Crippen molar-refractivity contribution in [2.45, 2.75) is 38.6 Å². The molecule has 1 N–H and O–H groups in total. The van der Waals surface area contributed by atoms with Crippen molar-refractivity contribution in [3.05, 3.63) is 0 Å². The van der Waals surface area contributed by atoms with Gasteiger partial charge in [0.05, 0.1) is 13.2 Å². The molecule has 1 saturated heterocycles. The summed E-state index contributed by atoms with van der Waals surface area (Å²) in [6, 6.07) is 0.473. The van der Waals surface area contributed by atoms with Crippen molar-refractivity contribution >= 4 is 5.97 Å². The van der Waals surface area contributed by atoms with Gasteiger partial charge in [-0.3, -0.25) is 4.79 Å². The molecule has 0 aromatic heterocycles. The molecule has 1 fully saturated rings. The molecule has 0 spiro atoms. The number of rotatable bonds is 6. The Labute approximate surface area is 91.3 Å². The predicted molar refractivity (Wildman–Crippen MR) is 57.7 cm³/mol. The van der Waals surface area contributed by atoms with E-state index in [-0.39, 0.29) is 5.97 Å². The zero-order valence-electron chi connectivity index (χ0n) is 9.46. The van der Waals surface area contributed by atoms with Crippen LogP contribution in [0.25, 0.3) is 0 Å². The molecule has 0 radical (unpaired) electrons. The zero-order chi connectivity index (χ0) is 10.9. The lowest BCUT2D eigenvalue weighted by Crippen LogP contribution is -2.37. The summed E-state index contributed by atoms with van der Waals surface area (Å²) < 4.78 is 10.2. The number of hydrogen-bond acceptors (Lipinski definition) is 4. The molecule has 0 bridgehead atoms. The Morgan fingerprint density at radius 3 is 3.13 bits per heavy atom. The number of esters is 1. The Kier molecular flexibility index (Phi) is 6.36. The van der Waals surface area contributed by atoms with Crippen molar-refractivity contribution in [2.24, 2.45) is 0 Å². The van der Waals surface area contributed by atoms with E-state index in [0.29, 0.717) is 19.1 Å². The molecule has 0 aromatic carbocycles. The Hall–Kier alpha value is -0.610. The fourth-order valence-electron chi connectivity index (χ4n) is 1.67. The average molecular weight is 215 g/mol. The SMILES string of the molecule is CCOC(=O)CCCNC1CCCOC1. The standard InChI is InChI=1S/C11H21NO3/c1-2-15-11(13)6-3-7-12-10-5-4-8-14-9-10/h10,12H,2-9H2,1H3. The van der Waals surface area contributed by atoms with Gasteiger partial charge in [0.25, 0.3) is 0 Å². The smallest absolute Gasteiger partial charge is 0.305 e. The highest BCUT2D eigenvalue weighted by Crippen LogP contribution is 2.05. The van der Waals surface area contributed by atoms with Crippen LogP contribution in [0, 0.1) is 0 Å². The Bertz CT molecular complexity index is 179. The number of hydrogen-bond donors (Lipinski definition) is 1. The lowest BCUT2D eigenvalue weighted by Gasteiger charge is -2.23. The van der Waals surface area contributed by atoms with E-state index in [2.05, 4.69) is 5.32 Å². The van der Waals surface area contributed by atoms with Crippen LogP contribution < -0.4 is 5.32 Å². The third-order valence-electron chi connectivity index (χ3n) is 2.46. The van der Waals surface area contributed by atoms with E-state index in [0.717, 1.165) is 32.6 Å². The number of ether oxygens (including phenoxy) is 2. The second-order valence-corrected chi connectivity index (χ2v) is 3.78. The predicted octanol–water partition coefficient (Wildman–Crippen LogP) is 1.10. The maximum Gasteiger partial charge on any atom is 0.305 e. The maximum absolute atomic E-state index is 11.0. The van der Waals surface area contributed by atoms with Gasteiger partial charge in [0.15, 0.2) is 0 Å². The second-order valence-electron chi connectivity index (χ2n) is 3.78. The van der Waals surface area contributed by atoms with Crippen LogP contribution in [0.5, 0.6) is 0 Å². The molecule has 4 nitrogen and oxygen atoms in total. The van der Waals surface area contributed by atoms with E-state index in [9.17, 15) is 4.79 Å². The molecule has 0 amide bonds. The summed E-state index contributed by atoms with van der Waals surface area (Å²) in [6.07, 6.45) is 3.67. The summed E-state index contributed by atoms with van der Waals surface area (Å²) in [5.74, 6) is -0.0980. The minimum atomic E-state index is -0.0980. The van der Waals surface area contributed by atoms with Crippen molar-refractivity contribution in [3.63, 3.8) is 0 Å². The Morgan fingerprint density at radius 1 is 1.60 bits per heavy atom. The van der Waals surface area contributed by atoms with Crippen molar-refractivity contribution in [3.8, 4) is 0 Å². The highest BCUT2D eigenvalue weighted by atomic mass is 16.5. The summed E-state index contributed by atoms with van der Waals surface area (Å²) in [4.78, 5) is 11.0. The van der Waals surface area contributed by atoms with Gasteiger partial charge in [-0.05, 0) is 32.7 Å². The van der Waals surface area contributed by atoms with Crippen molar-refractivity contribution in [2.75, 3.05) is 26.4 Å². The summed E-state index contributed by atoms with van der Waals surface area (Å²) >= 11 is 0. The molecule has 1 aliphatic rings. The highest BCUT2D eigenvalue weighted by molar-refractivity contribution is 5.69. The van der Waals surface area contributed by atoms with Crippen LogP contribution >= 0.6 is 0 Å². The maximum atomic E-state index is 11.0. The second kappa shape index (κ2) is 7.65. The topological polar surface area (TPSA) is 47.6 Å². The van der Waals surface area contributed by atoms with E-state index >= 15 is 0 Å². The molecule has 15 heavy (non-hydrogen) atoms. The van der Waals surface area contributed by atoms with E-state index < -0.39 is 0 Å². The van der Waals surface area contributed by atoms with Crippen molar-refractivity contribution in [1.29, 1.82) is 0 Å². The van der Waals surface area contributed by atoms with Gasteiger partial charge in [-0.2, -0.15) is 0 Å². The van der Waals surface area contributed by atoms with Crippen molar-refractivity contribution in [1.82, 2.24) is 5.32 Å². The molecule has 1 heterocycles. The fraction of sp³-hybridized carbons (Fsp3) is 0.909. The molecule has 1 rings (SSSR count). The van der Waals surface area contributed by atoms with Crippen LogP contribution in [0.15, 0.2) is 0 Å². The minimum Gasteiger partial charge on any atom is -0.466 e.